The number of methoxy groups -OCH3 is 1. The second-order valence-electron chi connectivity index (χ2n) is 8.72. The van der Waals surface area contributed by atoms with Crippen LogP contribution in [0.25, 0.3) is 0 Å². The molecular formula is C24H29N7O3. The minimum atomic E-state index is -0.929. The summed E-state index contributed by atoms with van der Waals surface area (Å²) in [5.41, 5.74) is 9.13. The molecule has 0 saturated heterocycles. The van der Waals surface area contributed by atoms with Gasteiger partial charge in [0.25, 0.3) is 5.91 Å². The van der Waals surface area contributed by atoms with E-state index >= 15 is 0 Å². The van der Waals surface area contributed by atoms with Gasteiger partial charge in [-0.1, -0.05) is 18.2 Å². The molecule has 1 amide bonds. The lowest BCUT2D eigenvalue weighted by atomic mass is 9.96. The summed E-state index contributed by atoms with van der Waals surface area (Å²) in [5, 5.41) is 24.8. The molecule has 34 heavy (non-hydrogen) atoms. The van der Waals surface area contributed by atoms with E-state index in [1.54, 1.807) is 21.0 Å². The van der Waals surface area contributed by atoms with E-state index in [9.17, 15) is 9.90 Å². The second-order valence-corrected chi connectivity index (χ2v) is 8.72. The number of nitrogens with one attached hydrogen (secondary N) is 2. The van der Waals surface area contributed by atoms with Crippen LogP contribution in [0.5, 0.6) is 5.75 Å². The van der Waals surface area contributed by atoms with E-state index in [-0.39, 0.29) is 11.6 Å². The first-order valence-corrected chi connectivity index (χ1v) is 11.0. The Morgan fingerprint density at radius 3 is 2.68 bits per heavy atom. The Balaban J connectivity index is 1.49. The van der Waals surface area contributed by atoms with Gasteiger partial charge in [0.2, 0.25) is 5.95 Å². The van der Waals surface area contributed by atoms with Crippen LogP contribution in [-0.4, -0.2) is 51.4 Å². The number of nitrogens with two attached hydrogens (primary N) is 1. The molecule has 2 aromatic carbocycles. The quantitative estimate of drug-likeness (QED) is 0.396. The molecule has 4 rings (SSSR count). The van der Waals surface area contributed by atoms with Gasteiger partial charge in [0, 0.05) is 24.3 Å². The molecule has 0 radical (unpaired) electrons. The molecule has 0 saturated carbocycles. The van der Waals surface area contributed by atoms with Crippen molar-refractivity contribution < 1.29 is 14.6 Å². The number of fused-ring (bicyclic) bond motifs is 1. The van der Waals surface area contributed by atoms with Crippen LogP contribution in [0.3, 0.4) is 0 Å². The highest BCUT2D eigenvalue weighted by atomic mass is 16.5. The molecule has 0 atom stereocenters. The van der Waals surface area contributed by atoms with Crippen molar-refractivity contribution in [1.82, 2.24) is 20.1 Å². The molecule has 0 aliphatic carbocycles. The van der Waals surface area contributed by atoms with Crippen LogP contribution in [0.15, 0.2) is 42.6 Å². The Bertz CT molecular complexity index is 1180. The zero-order chi connectivity index (χ0) is 24.3. The first kappa shape index (κ1) is 23.4. The molecule has 0 spiro atoms. The van der Waals surface area contributed by atoms with Crippen molar-refractivity contribution in [3.8, 4) is 5.75 Å². The lowest BCUT2D eigenvalue weighted by Gasteiger charge is -2.31. The standard InChI is InChI=1S/C24H29N7O3/c1-24(2,33)17-6-4-5-7-18(17)27-14-31-9-8-15-11-21(34-3)19(10-16(15)13-31)28-23-26-12-20(22(25)32)29-30-23/h4-7,10-12,27,33H,8-9,13-14H2,1-3H3,(H2,25,32)(H,26,28,30). The Hall–Kier alpha value is -3.76. The number of primary amides is 1. The number of benzene rings is 2. The maximum absolute atomic E-state index is 11.2. The third-order valence-electron chi connectivity index (χ3n) is 5.75. The fourth-order valence-corrected chi connectivity index (χ4v) is 3.98. The predicted molar refractivity (Wildman–Crippen MR) is 129 cm³/mol. The number of ether oxygens (including phenoxy) is 1. The fourth-order valence-electron chi connectivity index (χ4n) is 3.98. The van der Waals surface area contributed by atoms with Crippen LogP contribution in [-0.2, 0) is 18.6 Å². The molecule has 178 valence electrons. The van der Waals surface area contributed by atoms with Crippen LogP contribution in [0.4, 0.5) is 17.3 Å². The lowest BCUT2D eigenvalue weighted by molar-refractivity contribution is 0.0792. The number of amides is 1. The van der Waals surface area contributed by atoms with Crippen LogP contribution in [0, 0.1) is 0 Å². The molecule has 3 aromatic rings. The second kappa shape index (κ2) is 9.62. The topological polar surface area (TPSA) is 139 Å². The molecule has 0 bridgehead atoms. The zero-order valence-corrected chi connectivity index (χ0v) is 19.5. The largest absolute Gasteiger partial charge is 0.495 e. The SMILES string of the molecule is COc1cc2c(cc1Nc1ncc(C(N)=O)nn1)CN(CNc1ccccc1C(C)(C)O)CC2. The number of para-hydroxylation sites is 1. The van der Waals surface area contributed by atoms with Crippen LogP contribution < -0.4 is 21.1 Å². The first-order valence-electron chi connectivity index (χ1n) is 11.0. The Morgan fingerprint density at radius 1 is 1.21 bits per heavy atom. The average molecular weight is 464 g/mol. The minimum absolute atomic E-state index is 0.00254. The van der Waals surface area contributed by atoms with Crippen molar-refractivity contribution in [3.05, 3.63) is 65.0 Å². The Kier molecular flexibility index (Phi) is 6.62. The Labute approximate surface area is 198 Å². The number of anilines is 3. The molecule has 5 N–H and O–H groups in total. The summed E-state index contributed by atoms with van der Waals surface area (Å²) in [6, 6.07) is 11.9. The summed E-state index contributed by atoms with van der Waals surface area (Å²) in [6.07, 6.45) is 2.16. The smallest absolute Gasteiger partial charge is 0.270 e. The summed E-state index contributed by atoms with van der Waals surface area (Å²) in [7, 11) is 1.61. The maximum Gasteiger partial charge on any atom is 0.270 e. The first-order chi connectivity index (χ1) is 16.2. The van der Waals surface area contributed by atoms with E-state index in [1.807, 2.05) is 36.4 Å². The van der Waals surface area contributed by atoms with Crippen LogP contribution in [0.2, 0.25) is 0 Å². The van der Waals surface area contributed by atoms with Gasteiger partial charge in [0.05, 0.1) is 31.3 Å². The number of carbonyl (C=O) groups excluding carboxylic acids is 1. The van der Waals surface area contributed by atoms with E-state index in [2.05, 4.69) is 30.7 Å². The van der Waals surface area contributed by atoms with Gasteiger partial charge in [-0.25, -0.2) is 4.98 Å². The monoisotopic (exact) mass is 463 g/mol. The van der Waals surface area contributed by atoms with Gasteiger partial charge in [-0.2, -0.15) is 0 Å². The van der Waals surface area contributed by atoms with Crippen molar-refractivity contribution in [3.63, 3.8) is 0 Å². The highest BCUT2D eigenvalue weighted by Gasteiger charge is 2.22. The molecular weight excluding hydrogens is 434 g/mol. The van der Waals surface area contributed by atoms with Crippen molar-refractivity contribution in [1.29, 1.82) is 0 Å². The molecule has 0 unspecified atom stereocenters. The van der Waals surface area contributed by atoms with Crippen molar-refractivity contribution >= 4 is 23.2 Å². The number of nitrogens with zero attached hydrogens (tertiary/aromatic N) is 4. The normalized spacial score (nSPS) is 13.8. The van der Waals surface area contributed by atoms with E-state index in [0.29, 0.717) is 18.1 Å². The third-order valence-corrected chi connectivity index (χ3v) is 5.75. The summed E-state index contributed by atoms with van der Waals surface area (Å²) < 4.78 is 5.56. The lowest BCUT2D eigenvalue weighted by Crippen LogP contribution is -2.35. The van der Waals surface area contributed by atoms with E-state index < -0.39 is 11.5 Å². The van der Waals surface area contributed by atoms with Gasteiger partial charge in [-0.05, 0) is 49.6 Å². The van der Waals surface area contributed by atoms with Gasteiger partial charge in [-0.15, -0.1) is 10.2 Å². The highest BCUT2D eigenvalue weighted by Crippen LogP contribution is 2.33. The summed E-state index contributed by atoms with van der Waals surface area (Å²) in [5.74, 6) is 0.226. The van der Waals surface area contributed by atoms with Crippen LogP contribution in [0.1, 0.15) is 41.0 Å². The summed E-state index contributed by atoms with van der Waals surface area (Å²) in [6.45, 7) is 5.84. The van der Waals surface area contributed by atoms with Crippen molar-refractivity contribution in [2.45, 2.75) is 32.4 Å². The summed E-state index contributed by atoms with van der Waals surface area (Å²) in [4.78, 5) is 17.6. The number of rotatable bonds is 8. The molecule has 10 heteroatoms. The Morgan fingerprint density at radius 2 is 2.00 bits per heavy atom. The minimum Gasteiger partial charge on any atom is -0.495 e. The number of carbonyl (C=O) groups is 1. The van der Waals surface area contributed by atoms with Gasteiger partial charge in [-0.3, -0.25) is 9.69 Å². The maximum atomic E-state index is 11.2. The fraction of sp³-hybridized carbons (Fsp3) is 0.333. The molecule has 1 aliphatic rings. The van der Waals surface area contributed by atoms with E-state index in [1.165, 1.54) is 11.8 Å². The highest BCUT2D eigenvalue weighted by molar-refractivity contribution is 5.90. The van der Waals surface area contributed by atoms with Gasteiger partial charge < -0.3 is 26.2 Å². The zero-order valence-electron chi connectivity index (χ0n) is 19.5. The van der Waals surface area contributed by atoms with E-state index in [0.717, 1.165) is 36.3 Å². The number of aromatic nitrogens is 3. The predicted octanol–water partition coefficient (Wildman–Crippen LogP) is 2.38. The van der Waals surface area contributed by atoms with Crippen molar-refractivity contribution in [2.24, 2.45) is 5.73 Å². The van der Waals surface area contributed by atoms with Gasteiger partial charge in [0.1, 0.15) is 5.75 Å². The van der Waals surface area contributed by atoms with Crippen LogP contribution >= 0.6 is 0 Å². The third kappa shape index (κ3) is 5.24. The molecule has 1 aromatic heterocycles. The molecule has 10 nitrogen and oxygen atoms in total. The van der Waals surface area contributed by atoms with E-state index in [4.69, 9.17) is 10.5 Å². The molecule has 2 heterocycles. The van der Waals surface area contributed by atoms with Gasteiger partial charge >= 0.3 is 0 Å². The van der Waals surface area contributed by atoms with Gasteiger partial charge in [0.15, 0.2) is 5.69 Å². The average Bonchev–Trinajstić information content (AvgIpc) is 2.82. The molecule has 1 aliphatic heterocycles. The molecule has 0 fully saturated rings. The van der Waals surface area contributed by atoms with Crippen molar-refractivity contribution in [2.75, 3.05) is 31.0 Å². The number of hydrogen-bond acceptors (Lipinski definition) is 9. The summed E-state index contributed by atoms with van der Waals surface area (Å²) >= 11 is 0. The number of hydrogen-bond donors (Lipinski definition) is 4. The number of aliphatic hydroxyl groups is 1.